The van der Waals surface area contributed by atoms with Gasteiger partial charge in [-0.2, -0.15) is 0 Å². The van der Waals surface area contributed by atoms with E-state index in [4.69, 9.17) is 5.11 Å². The Labute approximate surface area is 92.3 Å². The van der Waals surface area contributed by atoms with Crippen LogP contribution >= 0.6 is 11.8 Å². The Morgan fingerprint density at radius 3 is 3.13 bits per heavy atom. The topological polar surface area (TPSA) is 52.6 Å². The van der Waals surface area contributed by atoms with E-state index in [1.54, 1.807) is 11.9 Å². The summed E-state index contributed by atoms with van der Waals surface area (Å²) in [5.74, 6) is 0.499. The Morgan fingerprint density at radius 2 is 2.40 bits per heavy atom. The molecule has 0 spiro atoms. The molecule has 0 bridgehead atoms. The Balaban J connectivity index is 2.32. The lowest BCUT2D eigenvalue weighted by molar-refractivity contribution is -0.113. The standard InChI is InChI=1S/C10H12N2O2S/c1-12(6-13)7-2-3-9-8(4-7)11-10(14)5-15-9/h2-4,13H,5-6H2,1H3,(H,11,14). The monoisotopic (exact) mass is 224 g/mol. The Bertz CT molecular complexity index is 395. The van der Waals surface area contributed by atoms with Crippen LogP contribution < -0.4 is 10.2 Å². The summed E-state index contributed by atoms with van der Waals surface area (Å²) in [5.41, 5.74) is 1.72. The van der Waals surface area contributed by atoms with Gasteiger partial charge >= 0.3 is 0 Å². The van der Waals surface area contributed by atoms with E-state index >= 15 is 0 Å². The van der Waals surface area contributed by atoms with Crippen LogP contribution in [0.1, 0.15) is 0 Å². The highest BCUT2D eigenvalue weighted by atomic mass is 32.2. The average Bonchev–Trinajstić information content (AvgIpc) is 2.27. The normalized spacial score (nSPS) is 14.4. The highest BCUT2D eigenvalue weighted by Crippen LogP contribution is 2.33. The molecule has 1 aromatic rings. The number of thioether (sulfide) groups is 1. The summed E-state index contributed by atoms with van der Waals surface area (Å²) in [4.78, 5) is 14.0. The zero-order valence-electron chi connectivity index (χ0n) is 8.36. The van der Waals surface area contributed by atoms with E-state index in [0.29, 0.717) is 5.75 Å². The number of carbonyl (C=O) groups is 1. The summed E-state index contributed by atoms with van der Waals surface area (Å²) >= 11 is 1.53. The maximum absolute atomic E-state index is 11.2. The molecule has 80 valence electrons. The fourth-order valence-electron chi connectivity index (χ4n) is 1.39. The van der Waals surface area contributed by atoms with Gasteiger partial charge < -0.3 is 15.3 Å². The molecule has 4 nitrogen and oxygen atoms in total. The van der Waals surface area contributed by atoms with Crippen molar-refractivity contribution < 1.29 is 9.90 Å². The van der Waals surface area contributed by atoms with Crippen molar-refractivity contribution >= 4 is 29.0 Å². The van der Waals surface area contributed by atoms with Crippen molar-refractivity contribution in [3.05, 3.63) is 18.2 Å². The van der Waals surface area contributed by atoms with Crippen LogP contribution in [0, 0.1) is 0 Å². The molecule has 0 atom stereocenters. The molecule has 0 unspecified atom stereocenters. The third-order valence-electron chi connectivity index (χ3n) is 2.25. The number of aliphatic hydroxyl groups excluding tert-OH is 1. The minimum absolute atomic E-state index is 0.0244. The SMILES string of the molecule is CN(CO)c1ccc2c(c1)NC(=O)CS2. The summed E-state index contributed by atoms with van der Waals surface area (Å²) in [6.45, 7) is -0.0418. The van der Waals surface area contributed by atoms with Gasteiger partial charge in [-0.25, -0.2) is 0 Å². The molecule has 1 heterocycles. The number of hydrogen-bond donors (Lipinski definition) is 2. The second-order valence-electron chi connectivity index (χ2n) is 3.36. The number of carbonyl (C=O) groups excluding carboxylic acids is 1. The van der Waals surface area contributed by atoms with Crippen LogP contribution in [0.5, 0.6) is 0 Å². The third-order valence-corrected chi connectivity index (χ3v) is 3.32. The highest BCUT2D eigenvalue weighted by molar-refractivity contribution is 8.00. The second kappa shape index (κ2) is 4.12. The Hall–Kier alpha value is -1.20. The first-order chi connectivity index (χ1) is 7.20. The number of fused-ring (bicyclic) bond motifs is 1. The number of nitrogens with zero attached hydrogens (tertiary/aromatic N) is 1. The van der Waals surface area contributed by atoms with E-state index in [1.807, 2.05) is 18.2 Å². The third kappa shape index (κ3) is 2.08. The van der Waals surface area contributed by atoms with Crippen LogP contribution in [-0.4, -0.2) is 30.5 Å². The summed E-state index contributed by atoms with van der Waals surface area (Å²) < 4.78 is 0. The van der Waals surface area contributed by atoms with Gasteiger partial charge in [-0.15, -0.1) is 11.8 Å². The van der Waals surface area contributed by atoms with Crippen LogP contribution in [0.4, 0.5) is 11.4 Å². The fraction of sp³-hybridized carbons (Fsp3) is 0.300. The van der Waals surface area contributed by atoms with Crippen molar-refractivity contribution in [2.75, 3.05) is 29.7 Å². The summed E-state index contributed by atoms with van der Waals surface area (Å²) in [5, 5.41) is 11.8. The van der Waals surface area contributed by atoms with Gasteiger partial charge in [0, 0.05) is 17.6 Å². The molecular formula is C10H12N2O2S. The predicted octanol–water partition coefficient (Wildman–Crippen LogP) is 1.12. The van der Waals surface area contributed by atoms with Gasteiger partial charge in [0.15, 0.2) is 0 Å². The molecule has 0 aliphatic carbocycles. The molecular weight excluding hydrogens is 212 g/mol. The molecule has 0 fully saturated rings. The van der Waals surface area contributed by atoms with E-state index in [0.717, 1.165) is 16.3 Å². The largest absolute Gasteiger partial charge is 0.376 e. The molecule has 0 radical (unpaired) electrons. The van der Waals surface area contributed by atoms with Crippen molar-refractivity contribution in [2.24, 2.45) is 0 Å². The number of amides is 1. The molecule has 1 aliphatic heterocycles. The van der Waals surface area contributed by atoms with Crippen LogP contribution in [-0.2, 0) is 4.79 Å². The van der Waals surface area contributed by atoms with Gasteiger partial charge in [0.05, 0.1) is 11.4 Å². The van der Waals surface area contributed by atoms with Gasteiger partial charge in [0.1, 0.15) is 6.73 Å². The van der Waals surface area contributed by atoms with Gasteiger partial charge in [-0.05, 0) is 18.2 Å². The lowest BCUT2D eigenvalue weighted by Gasteiger charge is -2.21. The van der Waals surface area contributed by atoms with E-state index in [-0.39, 0.29) is 12.6 Å². The minimum atomic E-state index is -0.0418. The van der Waals surface area contributed by atoms with Crippen molar-refractivity contribution in [3.8, 4) is 0 Å². The molecule has 2 rings (SSSR count). The molecule has 2 N–H and O–H groups in total. The van der Waals surface area contributed by atoms with Crippen molar-refractivity contribution in [3.63, 3.8) is 0 Å². The van der Waals surface area contributed by atoms with Crippen LogP contribution in [0.2, 0.25) is 0 Å². The van der Waals surface area contributed by atoms with Gasteiger partial charge in [0.2, 0.25) is 5.91 Å². The van der Waals surface area contributed by atoms with Gasteiger partial charge in [-0.1, -0.05) is 0 Å². The molecule has 5 heteroatoms. The first kappa shape index (κ1) is 10.3. The first-order valence-corrected chi connectivity index (χ1v) is 5.58. The molecule has 15 heavy (non-hydrogen) atoms. The average molecular weight is 224 g/mol. The summed E-state index contributed by atoms with van der Waals surface area (Å²) in [6.07, 6.45) is 0. The summed E-state index contributed by atoms with van der Waals surface area (Å²) in [6, 6.07) is 5.76. The smallest absolute Gasteiger partial charge is 0.234 e. The van der Waals surface area contributed by atoms with E-state index < -0.39 is 0 Å². The highest BCUT2D eigenvalue weighted by Gasteiger charge is 2.15. The van der Waals surface area contributed by atoms with E-state index in [2.05, 4.69) is 5.32 Å². The minimum Gasteiger partial charge on any atom is -0.376 e. The van der Waals surface area contributed by atoms with Gasteiger partial charge in [0.25, 0.3) is 0 Å². The van der Waals surface area contributed by atoms with Crippen LogP contribution in [0.15, 0.2) is 23.1 Å². The molecule has 0 saturated carbocycles. The van der Waals surface area contributed by atoms with Crippen LogP contribution in [0.25, 0.3) is 0 Å². The lowest BCUT2D eigenvalue weighted by Crippen LogP contribution is -2.21. The van der Waals surface area contributed by atoms with E-state index in [1.165, 1.54) is 11.8 Å². The predicted molar refractivity (Wildman–Crippen MR) is 61.3 cm³/mol. The lowest BCUT2D eigenvalue weighted by atomic mass is 10.2. The first-order valence-electron chi connectivity index (χ1n) is 4.59. The zero-order chi connectivity index (χ0) is 10.8. The number of anilines is 2. The molecule has 1 amide bonds. The van der Waals surface area contributed by atoms with Crippen LogP contribution in [0.3, 0.4) is 0 Å². The van der Waals surface area contributed by atoms with Crippen molar-refractivity contribution in [1.29, 1.82) is 0 Å². The van der Waals surface area contributed by atoms with E-state index in [9.17, 15) is 4.79 Å². The molecule has 0 aromatic heterocycles. The summed E-state index contributed by atoms with van der Waals surface area (Å²) in [7, 11) is 1.79. The molecule has 1 aliphatic rings. The second-order valence-corrected chi connectivity index (χ2v) is 4.37. The fourth-order valence-corrected chi connectivity index (χ4v) is 2.18. The Morgan fingerprint density at radius 1 is 1.60 bits per heavy atom. The number of rotatable bonds is 2. The van der Waals surface area contributed by atoms with Crippen molar-refractivity contribution in [2.45, 2.75) is 4.90 Å². The van der Waals surface area contributed by atoms with Gasteiger partial charge in [-0.3, -0.25) is 4.79 Å². The Kier molecular flexibility index (Phi) is 2.83. The quantitative estimate of drug-likeness (QED) is 0.739. The maximum atomic E-state index is 11.2. The zero-order valence-corrected chi connectivity index (χ0v) is 9.17. The molecule has 0 saturated heterocycles. The molecule has 1 aromatic carbocycles. The number of nitrogens with one attached hydrogen (secondary N) is 1. The van der Waals surface area contributed by atoms with Crippen molar-refractivity contribution in [1.82, 2.24) is 0 Å². The number of benzene rings is 1. The number of hydrogen-bond acceptors (Lipinski definition) is 4. The maximum Gasteiger partial charge on any atom is 0.234 e. The number of aliphatic hydroxyl groups is 1.